The van der Waals surface area contributed by atoms with Gasteiger partial charge in [-0.2, -0.15) is 13.2 Å². The van der Waals surface area contributed by atoms with E-state index in [4.69, 9.17) is 16.3 Å². The zero-order chi connectivity index (χ0) is 13.1. The number of nitrogens with one attached hydrogen (secondary N) is 1. The van der Waals surface area contributed by atoms with Gasteiger partial charge < -0.3 is 10.1 Å². The summed E-state index contributed by atoms with van der Waals surface area (Å²) in [7, 11) is 0. The van der Waals surface area contributed by atoms with Crippen LogP contribution >= 0.6 is 11.6 Å². The Morgan fingerprint density at radius 1 is 1.29 bits per heavy atom. The van der Waals surface area contributed by atoms with Crippen molar-refractivity contribution in [2.75, 3.05) is 19.1 Å². The number of carbonyl (C=O) groups excluding carboxylic acids is 2. The molecule has 0 aliphatic carbocycles. The minimum atomic E-state index is -5.02. The lowest BCUT2D eigenvalue weighted by atomic mass is 9.86. The molecule has 1 N–H and O–H groups in total. The molecule has 1 heterocycles. The van der Waals surface area contributed by atoms with E-state index >= 15 is 0 Å². The number of Topliss-reactive ketones (excluding diaryl/α,β-unsaturated/α-hetero) is 1. The molecule has 17 heavy (non-hydrogen) atoms. The van der Waals surface area contributed by atoms with Gasteiger partial charge in [-0.1, -0.05) is 0 Å². The van der Waals surface area contributed by atoms with E-state index in [0.717, 1.165) is 0 Å². The summed E-state index contributed by atoms with van der Waals surface area (Å²) < 4.78 is 41.4. The number of halogens is 4. The van der Waals surface area contributed by atoms with Crippen molar-refractivity contribution >= 4 is 23.3 Å². The molecule has 8 heteroatoms. The van der Waals surface area contributed by atoms with E-state index < -0.39 is 29.3 Å². The van der Waals surface area contributed by atoms with Crippen molar-refractivity contribution in [2.45, 2.75) is 24.6 Å². The highest BCUT2D eigenvalue weighted by atomic mass is 35.5. The van der Waals surface area contributed by atoms with Crippen molar-refractivity contribution in [3.63, 3.8) is 0 Å². The second-order valence-electron chi connectivity index (χ2n) is 3.70. The Labute approximate surface area is 100 Å². The van der Waals surface area contributed by atoms with Crippen molar-refractivity contribution in [1.82, 2.24) is 5.32 Å². The third-order valence-corrected chi connectivity index (χ3v) is 2.85. The van der Waals surface area contributed by atoms with Crippen LogP contribution in [0.5, 0.6) is 0 Å². The Morgan fingerprint density at radius 3 is 2.24 bits per heavy atom. The summed E-state index contributed by atoms with van der Waals surface area (Å²) in [6.07, 6.45) is -5.02. The number of ether oxygens (including phenoxy) is 1. The molecular weight excluding hydrogens is 263 g/mol. The molecule has 0 unspecified atom stereocenters. The van der Waals surface area contributed by atoms with Crippen LogP contribution in [0.1, 0.15) is 12.8 Å². The molecule has 1 fully saturated rings. The van der Waals surface area contributed by atoms with E-state index in [9.17, 15) is 22.8 Å². The molecular formula is C9H11ClF3NO3. The summed E-state index contributed by atoms with van der Waals surface area (Å²) >= 11 is 5.35. The van der Waals surface area contributed by atoms with Crippen LogP contribution in [0.25, 0.3) is 0 Å². The molecule has 0 spiro atoms. The Morgan fingerprint density at radius 2 is 1.82 bits per heavy atom. The van der Waals surface area contributed by atoms with Gasteiger partial charge in [0.2, 0.25) is 0 Å². The van der Waals surface area contributed by atoms with E-state index in [2.05, 4.69) is 0 Å². The molecule has 0 atom stereocenters. The fourth-order valence-corrected chi connectivity index (χ4v) is 1.87. The molecule has 0 radical (unpaired) electrons. The maximum atomic E-state index is 12.2. The molecule has 1 aliphatic heterocycles. The highest BCUT2D eigenvalue weighted by Gasteiger charge is 2.47. The fraction of sp³-hybridized carbons (Fsp3) is 0.778. The van der Waals surface area contributed by atoms with Crippen molar-refractivity contribution in [3.05, 3.63) is 0 Å². The van der Waals surface area contributed by atoms with Crippen LogP contribution in [0.3, 0.4) is 0 Å². The summed E-state index contributed by atoms with van der Waals surface area (Å²) in [5, 5.41) is 1.75. The van der Waals surface area contributed by atoms with E-state index in [1.807, 2.05) is 0 Å². The summed E-state index contributed by atoms with van der Waals surface area (Å²) in [4.78, 5) is 22.5. The van der Waals surface area contributed by atoms with Gasteiger partial charge in [0.15, 0.2) is 5.78 Å². The first-order valence-corrected chi connectivity index (χ1v) is 5.41. The number of alkyl halides is 4. The van der Waals surface area contributed by atoms with Gasteiger partial charge in [0.25, 0.3) is 0 Å². The van der Waals surface area contributed by atoms with Crippen LogP contribution in [0.2, 0.25) is 0 Å². The molecule has 0 saturated carbocycles. The van der Waals surface area contributed by atoms with Crippen molar-refractivity contribution in [1.29, 1.82) is 0 Å². The maximum Gasteiger partial charge on any atom is 0.471 e. The first-order chi connectivity index (χ1) is 7.82. The second kappa shape index (κ2) is 5.22. The third-order valence-electron chi connectivity index (χ3n) is 2.61. The predicted octanol–water partition coefficient (Wildman–Crippen LogP) is 1.02. The number of carbonyl (C=O) groups is 2. The molecule has 1 saturated heterocycles. The molecule has 98 valence electrons. The summed E-state index contributed by atoms with van der Waals surface area (Å²) in [6, 6.07) is 0. The molecule has 1 amide bonds. The zero-order valence-electron chi connectivity index (χ0n) is 8.77. The molecule has 1 aliphatic rings. The molecule has 4 nitrogen and oxygen atoms in total. The predicted molar refractivity (Wildman–Crippen MR) is 52.7 cm³/mol. The number of hydrogen-bond donors (Lipinski definition) is 1. The minimum Gasteiger partial charge on any atom is -0.381 e. The van der Waals surface area contributed by atoms with Crippen LogP contribution in [0.4, 0.5) is 13.2 Å². The van der Waals surface area contributed by atoms with Gasteiger partial charge in [-0.25, -0.2) is 0 Å². The Bertz CT molecular complexity index is 313. The second-order valence-corrected chi connectivity index (χ2v) is 3.97. The van der Waals surface area contributed by atoms with Gasteiger partial charge in [-0.15, -0.1) is 11.6 Å². The standard InChI is InChI=1S/C9H11ClF3NO3/c10-5-6(15)8(1-3-17-4-2-8)14-7(16)9(11,12)13/h1-5H2,(H,14,16). The Hall–Kier alpha value is -0.820. The molecule has 0 aromatic heterocycles. The highest BCUT2D eigenvalue weighted by Crippen LogP contribution is 2.25. The number of hydrogen-bond acceptors (Lipinski definition) is 3. The van der Waals surface area contributed by atoms with E-state index in [0.29, 0.717) is 0 Å². The largest absolute Gasteiger partial charge is 0.471 e. The maximum absolute atomic E-state index is 12.2. The third kappa shape index (κ3) is 3.32. The van der Waals surface area contributed by atoms with Gasteiger partial charge in [0, 0.05) is 26.1 Å². The minimum absolute atomic E-state index is 0.000370. The number of ketones is 1. The van der Waals surface area contributed by atoms with Crippen LogP contribution in [0.15, 0.2) is 0 Å². The zero-order valence-corrected chi connectivity index (χ0v) is 9.53. The lowest BCUT2D eigenvalue weighted by Crippen LogP contribution is -2.60. The van der Waals surface area contributed by atoms with Gasteiger partial charge in [-0.05, 0) is 0 Å². The summed E-state index contributed by atoms with van der Waals surface area (Å²) in [5.74, 6) is -3.20. The number of amides is 1. The molecule has 0 aromatic rings. The normalized spacial score (nSPS) is 19.8. The van der Waals surface area contributed by atoms with E-state index in [-0.39, 0.29) is 26.1 Å². The van der Waals surface area contributed by atoms with Gasteiger partial charge >= 0.3 is 12.1 Å². The lowest BCUT2D eigenvalue weighted by molar-refractivity contribution is -0.177. The van der Waals surface area contributed by atoms with Crippen molar-refractivity contribution in [3.8, 4) is 0 Å². The quantitative estimate of drug-likeness (QED) is 0.781. The first kappa shape index (κ1) is 14.2. The average Bonchev–Trinajstić information content (AvgIpc) is 2.27. The summed E-state index contributed by atoms with van der Waals surface area (Å²) in [6.45, 7) is 0.224. The van der Waals surface area contributed by atoms with E-state index in [1.54, 1.807) is 5.32 Å². The first-order valence-electron chi connectivity index (χ1n) is 4.88. The van der Waals surface area contributed by atoms with Crippen LogP contribution in [-0.4, -0.2) is 42.5 Å². The SMILES string of the molecule is O=C(NC1(C(=O)CCl)CCOCC1)C(F)(F)F. The smallest absolute Gasteiger partial charge is 0.381 e. The average molecular weight is 274 g/mol. The molecule has 0 aromatic carbocycles. The Kier molecular flexibility index (Phi) is 4.37. The monoisotopic (exact) mass is 273 g/mol. The fourth-order valence-electron chi connectivity index (χ4n) is 1.61. The van der Waals surface area contributed by atoms with Crippen molar-refractivity contribution < 1.29 is 27.5 Å². The Balaban J connectivity index is 2.84. The van der Waals surface area contributed by atoms with Gasteiger partial charge in [0.05, 0.1) is 5.88 Å². The van der Waals surface area contributed by atoms with Gasteiger partial charge in [0.1, 0.15) is 5.54 Å². The van der Waals surface area contributed by atoms with Crippen molar-refractivity contribution in [2.24, 2.45) is 0 Å². The van der Waals surface area contributed by atoms with Crippen LogP contribution < -0.4 is 5.32 Å². The lowest BCUT2D eigenvalue weighted by Gasteiger charge is -2.36. The van der Waals surface area contributed by atoms with E-state index in [1.165, 1.54) is 0 Å². The molecule has 1 rings (SSSR count). The topological polar surface area (TPSA) is 55.4 Å². The summed E-state index contributed by atoms with van der Waals surface area (Å²) in [5.41, 5.74) is -1.55. The molecule has 0 bridgehead atoms. The number of rotatable bonds is 3. The highest BCUT2D eigenvalue weighted by molar-refractivity contribution is 6.29. The van der Waals surface area contributed by atoms with Gasteiger partial charge in [-0.3, -0.25) is 9.59 Å². The van der Waals surface area contributed by atoms with Crippen LogP contribution in [0, 0.1) is 0 Å². The van der Waals surface area contributed by atoms with Crippen LogP contribution in [-0.2, 0) is 14.3 Å².